The average molecular weight is 179 g/mol. The van der Waals surface area contributed by atoms with Gasteiger partial charge < -0.3 is 5.11 Å². The highest BCUT2D eigenvalue weighted by atomic mass is 16.4. The molecule has 1 heterocycles. The zero-order valence-corrected chi connectivity index (χ0v) is 6.90. The number of anilines is 1. The summed E-state index contributed by atoms with van der Waals surface area (Å²) in [6.45, 7) is 0. The molecule has 1 aliphatic carbocycles. The van der Waals surface area contributed by atoms with Gasteiger partial charge in [-0.05, 0) is 12.8 Å². The highest BCUT2D eigenvalue weighted by Gasteiger charge is 2.25. The molecular formula is C8H9N3O2. The Kier molecular flexibility index (Phi) is 1.84. The summed E-state index contributed by atoms with van der Waals surface area (Å²) < 4.78 is 0. The summed E-state index contributed by atoms with van der Waals surface area (Å²) in [5.41, 5.74) is 0.929. The van der Waals surface area contributed by atoms with Crippen molar-refractivity contribution in [3.63, 3.8) is 0 Å². The lowest BCUT2D eigenvalue weighted by Crippen LogP contribution is -2.09. The number of nitrogens with one attached hydrogen (secondary N) is 1. The standard InChI is InChI=1S/C8H9N3O2/c12-8(13)11-7-3-6(5-1-2-5)9-4-10-7/h3-5H,1-2H2,(H,12,13)(H,9,10,11). The van der Waals surface area contributed by atoms with E-state index in [-0.39, 0.29) is 0 Å². The summed E-state index contributed by atoms with van der Waals surface area (Å²) in [7, 11) is 0. The first kappa shape index (κ1) is 7.97. The van der Waals surface area contributed by atoms with Crippen LogP contribution in [0.1, 0.15) is 24.5 Å². The number of amides is 1. The molecule has 0 bridgehead atoms. The summed E-state index contributed by atoms with van der Waals surface area (Å²) >= 11 is 0. The van der Waals surface area contributed by atoms with E-state index in [0.717, 1.165) is 18.5 Å². The van der Waals surface area contributed by atoms with Gasteiger partial charge in [0.05, 0.1) is 0 Å². The van der Waals surface area contributed by atoms with E-state index in [0.29, 0.717) is 11.7 Å². The average Bonchev–Trinajstić information content (AvgIpc) is 2.85. The minimum Gasteiger partial charge on any atom is -0.465 e. The first-order valence-electron chi connectivity index (χ1n) is 4.07. The van der Waals surface area contributed by atoms with E-state index in [1.165, 1.54) is 6.33 Å². The minimum absolute atomic E-state index is 0.351. The summed E-state index contributed by atoms with van der Waals surface area (Å²) in [4.78, 5) is 18.1. The Bertz CT molecular complexity index is 336. The number of hydrogen-bond donors (Lipinski definition) is 2. The van der Waals surface area contributed by atoms with Crippen LogP contribution in [0.15, 0.2) is 12.4 Å². The number of nitrogens with zero attached hydrogens (tertiary/aromatic N) is 2. The molecule has 1 aromatic heterocycles. The molecular weight excluding hydrogens is 170 g/mol. The van der Waals surface area contributed by atoms with E-state index < -0.39 is 6.09 Å². The van der Waals surface area contributed by atoms with Crippen molar-refractivity contribution in [2.24, 2.45) is 0 Å². The molecule has 1 saturated carbocycles. The molecule has 0 radical (unpaired) electrons. The van der Waals surface area contributed by atoms with Crippen molar-refractivity contribution in [2.75, 3.05) is 5.32 Å². The molecule has 1 amide bonds. The Morgan fingerprint density at radius 1 is 1.54 bits per heavy atom. The molecule has 0 atom stereocenters. The first-order chi connectivity index (χ1) is 6.25. The third-order valence-electron chi connectivity index (χ3n) is 1.92. The molecule has 0 aromatic carbocycles. The lowest BCUT2D eigenvalue weighted by molar-refractivity contribution is 0.209. The van der Waals surface area contributed by atoms with E-state index in [1.807, 2.05) is 0 Å². The van der Waals surface area contributed by atoms with Crippen LogP contribution in [0.2, 0.25) is 0 Å². The largest absolute Gasteiger partial charge is 0.465 e. The van der Waals surface area contributed by atoms with Crippen LogP contribution in [0.5, 0.6) is 0 Å². The van der Waals surface area contributed by atoms with Gasteiger partial charge in [-0.1, -0.05) is 0 Å². The molecule has 68 valence electrons. The van der Waals surface area contributed by atoms with Crippen LogP contribution in [0.4, 0.5) is 10.6 Å². The molecule has 5 heteroatoms. The molecule has 1 fully saturated rings. The van der Waals surface area contributed by atoms with E-state index in [9.17, 15) is 4.79 Å². The van der Waals surface area contributed by atoms with Crippen molar-refractivity contribution in [1.82, 2.24) is 9.97 Å². The highest BCUT2D eigenvalue weighted by Crippen LogP contribution is 2.39. The second-order valence-electron chi connectivity index (χ2n) is 3.03. The fourth-order valence-electron chi connectivity index (χ4n) is 1.15. The van der Waals surface area contributed by atoms with Crippen LogP contribution in [-0.2, 0) is 0 Å². The Morgan fingerprint density at radius 2 is 2.31 bits per heavy atom. The maximum absolute atomic E-state index is 10.3. The maximum Gasteiger partial charge on any atom is 0.410 e. The molecule has 0 saturated heterocycles. The fraction of sp³-hybridized carbons (Fsp3) is 0.375. The predicted octanol–water partition coefficient (Wildman–Crippen LogP) is 1.44. The Balaban J connectivity index is 2.16. The lowest BCUT2D eigenvalue weighted by atomic mass is 10.3. The van der Waals surface area contributed by atoms with Gasteiger partial charge in [0.1, 0.15) is 12.1 Å². The van der Waals surface area contributed by atoms with Crippen molar-refractivity contribution in [2.45, 2.75) is 18.8 Å². The SMILES string of the molecule is O=C(O)Nc1cc(C2CC2)ncn1. The maximum atomic E-state index is 10.3. The molecule has 0 spiro atoms. The summed E-state index contributed by atoms with van der Waals surface area (Å²) in [6, 6.07) is 1.69. The number of carbonyl (C=O) groups is 1. The Morgan fingerprint density at radius 3 is 2.92 bits per heavy atom. The molecule has 1 aliphatic rings. The fourth-order valence-corrected chi connectivity index (χ4v) is 1.15. The first-order valence-corrected chi connectivity index (χ1v) is 4.07. The quantitative estimate of drug-likeness (QED) is 0.720. The van der Waals surface area contributed by atoms with E-state index in [4.69, 9.17) is 5.11 Å². The van der Waals surface area contributed by atoms with Crippen molar-refractivity contribution in [3.8, 4) is 0 Å². The molecule has 13 heavy (non-hydrogen) atoms. The van der Waals surface area contributed by atoms with Gasteiger partial charge in [0.25, 0.3) is 0 Å². The van der Waals surface area contributed by atoms with Crippen molar-refractivity contribution >= 4 is 11.9 Å². The van der Waals surface area contributed by atoms with Crippen LogP contribution in [0.3, 0.4) is 0 Å². The second kappa shape index (κ2) is 3.01. The van der Waals surface area contributed by atoms with Crippen molar-refractivity contribution in [3.05, 3.63) is 18.1 Å². The van der Waals surface area contributed by atoms with Gasteiger partial charge >= 0.3 is 6.09 Å². The number of carboxylic acid groups (broad SMARTS) is 1. The zero-order valence-electron chi connectivity index (χ0n) is 6.90. The summed E-state index contributed by atoms with van der Waals surface area (Å²) in [5, 5.41) is 10.6. The number of rotatable bonds is 2. The van der Waals surface area contributed by atoms with Crippen LogP contribution in [0, 0.1) is 0 Å². The number of aromatic nitrogens is 2. The van der Waals surface area contributed by atoms with E-state index in [1.54, 1.807) is 6.07 Å². The van der Waals surface area contributed by atoms with Gasteiger partial charge in [0.2, 0.25) is 0 Å². The molecule has 0 unspecified atom stereocenters. The van der Waals surface area contributed by atoms with Crippen LogP contribution >= 0.6 is 0 Å². The zero-order chi connectivity index (χ0) is 9.26. The minimum atomic E-state index is -1.10. The summed E-state index contributed by atoms with van der Waals surface area (Å²) in [6.07, 6.45) is 2.58. The van der Waals surface area contributed by atoms with Crippen molar-refractivity contribution in [1.29, 1.82) is 0 Å². The normalized spacial score (nSPS) is 15.4. The van der Waals surface area contributed by atoms with E-state index in [2.05, 4.69) is 15.3 Å². The van der Waals surface area contributed by atoms with Gasteiger partial charge in [-0.3, -0.25) is 5.32 Å². The van der Waals surface area contributed by atoms with Crippen molar-refractivity contribution < 1.29 is 9.90 Å². The van der Waals surface area contributed by atoms with Crippen LogP contribution in [-0.4, -0.2) is 21.2 Å². The topological polar surface area (TPSA) is 75.1 Å². The lowest BCUT2D eigenvalue weighted by Gasteiger charge is -2.00. The monoisotopic (exact) mass is 179 g/mol. The van der Waals surface area contributed by atoms with Gasteiger partial charge in [0, 0.05) is 17.7 Å². The molecule has 0 aliphatic heterocycles. The third kappa shape index (κ3) is 1.93. The smallest absolute Gasteiger partial charge is 0.410 e. The Labute approximate surface area is 74.8 Å². The third-order valence-corrected chi connectivity index (χ3v) is 1.92. The summed E-state index contributed by atoms with van der Waals surface area (Å²) in [5.74, 6) is 0.863. The molecule has 2 N–H and O–H groups in total. The van der Waals surface area contributed by atoms with Gasteiger partial charge in [-0.15, -0.1) is 0 Å². The van der Waals surface area contributed by atoms with Gasteiger partial charge in [-0.25, -0.2) is 14.8 Å². The Hall–Kier alpha value is -1.65. The van der Waals surface area contributed by atoms with Gasteiger partial charge in [-0.2, -0.15) is 0 Å². The predicted molar refractivity (Wildman–Crippen MR) is 45.7 cm³/mol. The van der Waals surface area contributed by atoms with Crippen LogP contribution in [0.25, 0.3) is 0 Å². The molecule has 1 aromatic rings. The van der Waals surface area contributed by atoms with Gasteiger partial charge in [0.15, 0.2) is 0 Å². The number of hydrogen-bond acceptors (Lipinski definition) is 3. The second-order valence-corrected chi connectivity index (χ2v) is 3.03. The molecule has 2 rings (SSSR count). The highest BCUT2D eigenvalue weighted by molar-refractivity contribution is 5.81. The van der Waals surface area contributed by atoms with Crippen LogP contribution < -0.4 is 5.32 Å². The molecule has 5 nitrogen and oxygen atoms in total. The van der Waals surface area contributed by atoms with E-state index >= 15 is 0 Å².